The quantitative estimate of drug-likeness (QED) is 0.0489. The molecule has 3 aliphatic heterocycles. The average molecular weight is 803 g/mol. The second-order valence-corrected chi connectivity index (χ2v) is 13.3. The van der Waals surface area contributed by atoms with Gasteiger partial charge in [0.05, 0.1) is 19.8 Å². The van der Waals surface area contributed by atoms with E-state index >= 15 is 0 Å². The van der Waals surface area contributed by atoms with Gasteiger partial charge in [0, 0.05) is 6.08 Å². The summed E-state index contributed by atoms with van der Waals surface area (Å²) >= 11 is 0. The predicted octanol–water partition coefficient (Wildman–Crippen LogP) is -4.22. The van der Waals surface area contributed by atoms with Crippen LogP contribution in [0.2, 0.25) is 0 Å². The summed E-state index contributed by atoms with van der Waals surface area (Å²) in [5.74, 6) is -2.52. The molecular formula is C35H46O21. The number of carbonyl (C=O) groups excluding carboxylic acids is 1. The highest BCUT2D eigenvalue weighted by Gasteiger charge is 2.54. The molecule has 15 atom stereocenters. The standard InChI is InChI=1S/C35H46O21/c36-11-20-24(43)27(46)29(48)34(52-20)56-32-28(47)25(44)21(12-37)53-35(32)55-31-26(45)22(13-51-23(42)6-3-14-1-4-16(38)18(40)9-14)54-33(30(31)49)50-8-7-15-2-5-17(39)19(41)10-15/h1-6,9-10,20-22,24-41,43-49H,7-8,11-13H2. The maximum atomic E-state index is 12.6. The lowest BCUT2D eigenvalue weighted by molar-refractivity contribution is -0.389. The van der Waals surface area contributed by atoms with Crippen LogP contribution in [-0.4, -0.2) is 191 Å². The topological polar surface area (TPSA) is 345 Å². The second-order valence-electron chi connectivity index (χ2n) is 13.3. The van der Waals surface area contributed by atoms with Gasteiger partial charge >= 0.3 is 5.97 Å². The molecule has 0 saturated carbocycles. The van der Waals surface area contributed by atoms with E-state index in [1.807, 2.05) is 0 Å². The highest BCUT2D eigenvalue weighted by Crippen LogP contribution is 2.34. The molecule has 3 heterocycles. The number of aromatic hydroxyl groups is 4. The fourth-order valence-electron chi connectivity index (χ4n) is 6.18. The molecule has 21 nitrogen and oxygen atoms in total. The third kappa shape index (κ3) is 10.0. The monoisotopic (exact) mass is 802 g/mol. The minimum absolute atomic E-state index is 0.106. The summed E-state index contributed by atoms with van der Waals surface area (Å²) in [5, 5.41) is 134. The lowest BCUT2D eigenvalue weighted by Gasteiger charge is -2.48. The first-order valence-corrected chi connectivity index (χ1v) is 17.4. The summed E-state index contributed by atoms with van der Waals surface area (Å²) in [7, 11) is 0. The van der Waals surface area contributed by atoms with E-state index in [0.29, 0.717) is 11.1 Å². The normalized spacial score (nSPS) is 36.4. The van der Waals surface area contributed by atoms with Gasteiger partial charge in [-0.1, -0.05) is 12.1 Å². The fourth-order valence-corrected chi connectivity index (χ4v) is 6.18. The van der Waals surface area contributed by atoms with Crippen molar-refractivity contribution in [3.63, 3.8) is 0 Å². The predicted molar refractivity (Wildman–Crippen MR) is 181 cm³/mol. The lowest BCUT2D eigenvalue weighted by Crippen LogP contribution is -2.67. The maximum absolute atomic E-state index is 12.6. The van der Waals surface area contributed by atoms with Crippen LogP contribution in [0.3, 0.4) is 0 Å². The minimum Gasteiger partial charge on any atom is -0.504 e. The van der Waals surface area contributed by atoms with E-state index in [4.69, 9.17) is 33.2 Å². The Kier molecular flexibility index (Phi) is 14.8. The summed E-state index contributed by atoms with van der Waals surface area (Å²) in [6.45, 7) is -2.58. The molecule has 0 aromatic heterocycles. The summed E-state index contributed by atoms with van der Waals surface area (Å²) in [6, 6.07) is 7.79. The van der Waals surface area contributed by atoms with E-state index < -0.39 is 129 Å². The number of hydrogen-bond donors (Lipinski definition) is 13. The van der Waals surface area contributed by atoms with Crippen molar-refractivity contribution in [3.8, 4) is 23.0 Å². The SMILES string of the molecule is O=C(C=Cc1ccc(O)c(O)c1)OCC1OC(OCCc2ccc(O)c(O)c2)C(O)C(OC2OC(CO)C(O)C(O)C2OC2OC(CO)C(O)C(O)C2O)C1O. The summed E-state index contributed by atoms with van der Waals surface area (Å²) in [5.41, 5.74) is 0.823. The van der Waals surface area contributed by atoms with E-state index in [-0.39, 0.29) is 24.5 Å². The Labute approximate surface area is 317 Å². The fraction of sp³-hybridized carbons (Fsp3) is 0.571. The summed E-state index contributed by atoms with van der Waals surface area (Å²) in [6.07, 6.45) is -24.5. The zero-order valence-corrected chi connectivity index (χ0v) is 29.4. The lowest BCUT2D eigenvalue weighted by atomic mass is 9.96. The Hall–Kier alpha value is -3.75. The van der Waals surface area contributed by atoms with Crippen molar-refractivity contribution in [2.24, 2.45) is 0 Å². The first-order valence-electron chi connectivity index (χ1n) is 17.4. The van der Waals surface area contributed by atoms with Crippen molar-refractivity contribution >= 4 is 12.0 Å². The van der Waals surface area contributed by atoms with E-state index in [9.17, 15) is 71.2 Å². The zero-order chi connectivity index (χ0) is 40.8. The van der Waals surface area contributed by atoms with Crippen LogP contribution in [0.15, 0.2) is 42.5 Å². The Balaban J connectivity index is 1.35. The summed E-state index contributed by atoms with van der Waals surface area (Å²) < 4.78 is 39.4. The zero-order valence-electron chi connectivity index (χ0n) is 29.4. The molecule has 56 heavy (non-hydrogen) atoms. The van der Waals surface area contributed by atoms with Crippen LogP contribution in [0.1, 0.15) is 11.1 Å². The Morgan fingerprint density at radius 3 is 1.84 bits per heavy atom. The van der Waals surface area contributed by atoms with Gasteiger partial charge in [0.15, 0.2) is 41.9 Å². The van der Waals surface area contributed by atoms with Crippen LogP contribution in [0.5, 0.6) is 23.0 Å². The number of phenolic OH excluding ortho intramolecular Hbond substituents is 4. The number of aliphatic hydroxyl groups is 9. The largest absolute Gasteiger partial charge is 0.504 e. The summed E-state index contributed by atoms with van der Waals surface area (Å²) in [4.78, 5) is 12.6. The van der Waals surface area contributed by atoms with Crippen molar-refractivity contribution in [3.05, 3.63) is 53.6 Å². The third-order valence-corrected chi connectivity index (χ3v) is 9.41. The van der Waals surface area contributed by atoms with Crippen molar-refractivity contribution < 1.29 is 104 Å². The van der Waals surface area contributed by atoms with Gasteiger partial charge in [0.2, 0.25) is 0 Å². The molecule has 13 N–H and O–H groups in total. The molecule has 2 aromatic carbocycles. The molecule has 0 radical (unpaired) electrons. The molecular weight excluding hydrogens is 756 g/mol. The number of aliphatic hydroxyl groups excluding tert-OH is 9. The van der Waals surface area contributed by atoms with Gasteiger partial charge in [-0.25, -0.2) is 4.79 Å². The Morgan fingerprint density at radius 1 is 0.607 bits per heavy atom. The van der Waals surface area contributed by atoms with Crippen molar-refractivity contribution in [1.29, 1.82) is 0 Å². The Bertz CT molecular complexity index is 1620. The number of benzene rings is 2. The number of carbonyl (C=O) groups is 1. The van der Waals surface area contributed by atoms with Gasteiger partial charge in [-0.3, -0.25) is 0 Å². The molecule has 0 bridgehead atoms. The van der Waals surface area contributed by atoms with Crippen LogP contribution < -0.4 is 0 Å². The molecule has 3 fully saturated rings. The molecule has 5 rings (SSSR count). The molecule has 0 spiro atoms. The van der Waals surface area contributed by atoms with Crippen LogP contribution in [0, 0.1) is 0 Å². The van der Waals surface area contributed by atoms with Crippen LogP contribution >= 0.6 is 0 Å². The van der Waals surface area contributed by atoms with E-state index in [2.05, 4.69) is 0 Å². The molecule has 0 amide bonds. The van der Waals surface area contributed by atoms with E-state index in [1.165, 1.54) is 42.5 Å². The maximum Gasteiger partial charge on any atom is 0.330 e. The number of rotatable bonds is 14. The number of ether oxygens (including phenoxy) is 7. The molecule has 3 saturated heterocycles. The van der Waals surface area contributed by atoms with Crippen molar-refractivity contribution in [2.45, 2.75) is 98.5 Å². The van der Waals surface area contributed by atoms with E-state index in [0.717, 1.165) is 6.08 Å². The molecule has 2 aromatic rings. The molecule has 312 valence electrons. The van der Waals surface area contributed by atoms with Crippen molar-refractivity contribution in [2.75, 3.05) is 26.4 Å². The third-order valence-electron chi connectivity index (χ3n) is 9.41. The smallest absolute Gasteiger partial charge is 0.330 e. The first kappa shape index (κ1) is 43.4. The van der Waals surface area contributed by atoms with Crippen LogP contribution in [0.4, 0.5) is 0 Å². The van der Waals surface area contributed by atoms with Gasteiger partial charge in [0.25, 0.3) is 0 Å². The first-order chi connectivity index (χ1) is 26.6. The van der Waals surface area contributed by atoms with Gasteiger partial charge < -0.3 is 99.5 Å². The van der Waals surface area contributed by atoms with E-state index in [1.54, 1.807) is 0 Å². The van der Waals surface area contributed by atoms with Gasteiger partial charge in [-0.05, 0) is 47.9 Å². The highest BCUT2D eigenvalue weighted by atomic mass is 16.8. The number of hydrogen-bond acceptors (Lipinski definition) is 21. The van der Waals surface area contributed by atoms with Crippen molar-refractivity contribution in [1.82, 2.24) is 0 Å². The van der Waals surface area contributed by atoms with Gasteiger partial charge in [0.1, 0.15) is 79.9 Å². The molecule has 21 heteroatoms. The van der Waals surface area contributed by atoms with Gasteiger partial charge in [-0.2, -0.15) is 0 Å². The molecule has 3 aliphatic rings. The minimum atomic E-state index is -1.99. The Morgan fingerprint density at radius 2 is 1.20 bits per heavy atom. The second kappa shape index (κ2) is 19.1. The van der Waals surface area contributed by atoms with Crippen LogP contribution in [0.25, 0.3) is 6.08 Å². The van der Waals surface area contributed by atoms with Gasteiger partial charge in [-0.15, -0.1) is 0 Å². The number of phenols is 4. The highest BCUT2D eigenvalue weighted by molar-refractivity contribution is 5.87. The average Bonchev–Trinajstić information content (AvgIpc) is 3.18. The molecule has 15 unspecified atom stereocenters. The molecule has 0 aliphatic carbocycles. The van der Waals surface area contributed by atoms with Crippen LogP contribution in [-0.2, 0) is 44.4 Å². The number of esters is 1.